The minimum atomic E-state index is -0.184. The average Bonchev–Trinajstić information content (AvgIpc) is 2.10. The molecular formula is C12H17ClFN. The predicted octanol–water partition coefficient (Wildman–Crippen LogP) is 3.40. The molecule has 0 bridgehead atoms. The Bertz CT molecular complexity index is 325. The Hall–Kier alpha value is -0.600. The summed E-state index contributed by atoms with van der Waals surface area (Å²) in [5.74, 6) is 0.189. The monoisotopic (exact) mass is 229 g/mol. The molecule has 2 atom stereocenters. The van der Waals surface area contributed by atoms with Crippen LogP contribution in [-0.4, -0.2) is 6.04 Å². The lowest BCUT2D eigenvalue weighted by Gasteiger charge is -2.14. The maximum Gasteiger partial charge on any atom is 0.126 e. The van der Waals surface area contributed by atoms with Gasteiger partial charge < -0.3 is 5.73 Å². The third kappa shape index (κ3) is 4.18. The normalized spacial score (nSPS) is 15.0. The first-order valence-electron chi connectivity index (χ1n) is 5.18. The SMILES string of the molecule is CC(N)CC(C)Cc1cc(Cl)ccc1F. The van der Waals surface area contributed by atoms with Crippen molar-refractivity contribution < 1.29 is 4.39 Å². The molecule has 1 aromatic rings. The van der Waals surface area contributed by atoms with E-state index < -0.39 is 0 Å². The van der Waals surface area contributed by atoms with Crippen LogP contribution in [0.4, 0.5) is 4.39 Å². The quantitative estimate of drug-likeness (QED) is 0.842. The van der Waals surface area contributed by atoms with Crippen molar-refractivity contribution in [2.75, 3.05) is 0 Å². The number of hydrogen-bond donors (Lipinski definition) is 1. The number of nitrogens with two attached hydrogens (primary N) is 1. The molecule has 0 heterocycles. The molecule has 3 heteroatoms. The lowest BCUT2D eigenvalue weighted by Crippen LogP contribution is -2.19. The van der Waals surface area contributed by atoms with E-state index in [0.29, 0.717) is 22.9 Å². The molecular weight excluding hydrogens is 213 g/mol. The molecule has 1 rings (SSSR count). The molecule has 0 spiro atoms. The molecule has 84 valence electrons. The minimum absolute atomic E-state index is 0.155. The maximum atomic E-state index is 13.4. The fraction of sp³-hybridized carbons (Fsp3) is 0.500. The molecule has 2 N–H and O–H groups in total. The summed E-state index contributed by atoms with van der Waals surface area (Å²) >= 11 is 5.81. The van der Waals surface area contributed by atoms with Crippen LogP contribution in [0.1, 0.15) is 25.8 Å². The zero-order valence-electron chi connectivity index (χ0n) is 9.13. The highest BCUT2D eigenvalue weighted by atomic mass is 35.5. The lowest BCUT2D eigenvalue weighted by atomic mass is 9.95. The fourth-order valence-corrected chi connectivity index (χ4v) is 1.99. The number of benzene rings is 1. The summed E-state index contributed by atoms with van der Waals surface area (Å²) in [6.07, 6.45) is 1.58. The van der Waals surface area contributed by atoms with Crippen LogP contribution >= 0.6 is 11.6 Å². The largest absolute Gasteiger partial charge is 0.328 e. The van der Waals surface area contributed by atoms with Gasteiger partial charge in [-0.2, -0.15) is 0 Å². The van der Waals surface area contributed by atoms with Crippen LogP contribution in [0.3, 0.4) is 0 Å². The van der Waals surface area contributed by atoms with Crippen LogP contribution in [0.2, 0.25) is 5.02 Å². The summed E-state index contributed by atoms with van der Waals surface area (Å²) in [5, 5.41) is 0.583. The average molecular weight is 230 g/mol. The molecule has 2 unspecified atom stereocenters. The second kappa shape index (κ2) is 5.47. The summed E-state index contributed by atoms with van der Waals surface area (Å²) in [6.45, 7) is 4.04. The highest BCUT2D eigenvalue weighted by Crippen LogP contribution is 2.19. The van der Waals surface area contributed by atoms with Gasteiger partial charge in [0.2, 0.25) is 0 Å². The van der Waals surface area contributed by atoms with E-state index >= 15 is 0 Å². The van der Waals surface area contributed by atoms with Crippen molar-refractivity contribution in [3.8, 4) is 0 Å². The van der Waals surface area contributed by atoms with Crippen molar-refractivity contribution in [1.82, 2.24) is 0 Å². The van der Waals surface area contributed by atoms with Crippen LogP contribution in [0, 0.1) is 11.7 Å². The lowest BCUT2D eigenvalue weighted by molar-refractivity contribution is 0.469. The van der Waals surface area contributed by atoms with Gasteiger partial charge in [-0.3, -0.25) is 0 Å². The third-order valence-electron chi connectivity index (χ3n) is 2.35. The van der Waals surface area contributed by atoms with Gasteiger partial charge in [-0.05, 0) is 49.4 Å². The van der Waals surface area contributed by atoms with E-state index in [1.807, 2.05) is 6.92 Å². The summed E-state index contributed by atoms with van der Waals surface area (Å²) in [7, 11) is 0. The molecule has 0 saturated carbocycles. The highest BCUT2D eigenvalue weighted by Gasteiger charge is 2.10. The Balaban J connectivity index is 2.67. The molecule has 0 amide bonds. The molecule has 0 fully saturated rings. The van der Waals surface area contributed by atoms with E-state index in [1.54, 1.807) is 12.1 Å². The van der Waals surface area contributed by atoms with Crippen molar-refractivity contribution in [3.05, 3.63) is 34.6 Å². The predicted molar refractivity (Wildman–Crippen MR) is 62.5 cm³/mol. The molecule has 0 aliphatic rings. The van der Waals surface area contributed by atoms with Gasteiger partial charge >= 0.3 is 0 Å². The molecule has 0 saturated heterocycles. The van der Waals surface area contributed by atoms with Gasteiger partial charge in [0.1, 0.15) is 5.82 Å². The van der Waals surface area contributed by atoms with Gasteiger partial charge in [0.05, 0.1) is 0 Å². The van der Waals surface area contributed by atoms with Gasteiger partial charge in [0, 0.05) is 11.1 Å². The first-order chi connectivity index (χ1) is 6.99. The van der Waals surface area contributed by atoms with Crippen LogP contribution in [0.25, 0.3) is 0 Å². The molecule has 0 aromatic heterocycles. The molecule has 0 aliphatic heterocycles. The van der Waals surface area contributed by atoms with Gasteiger partial charge in [-0.15, -0.1) is 0 Å². The standard InChI is InChI=1S/C12H17ClFN/c1-8(5-9(2)15)6-10-7-11(13)3-4-12(10)14/h3-4,7-9H,5-6,15H2,1-2H3. The van der Waals surface area contributed by atoms with Crippen molar-refractivity contribution in [2.45, 2.75) is 32.7 Å². The summed E-state index contributed by atoms with van der Waals surface area (Å²) in [6, 6.07) is 4.82. The second-order valence-electron chi connectivity index (χ2n) is 4.26. The Labute approximate surface area is 95.4 Å². The molecule has 15 heavy (non-hydrogen) atoms. The molecule has 1 nitrogen and oxygen atoms in total. The van der Waals surface area contributed by atoms with E-state index in [9.17, 15) is 4.39 Å². The van der Waals surface area contributed by atoms with E-state index in [-0.39, 0.29) is 11.9 Å². The molecule has 0 radical (unpaired) electrons. The topological polar surface area (TPSA) is 26.0 Å². The second-order valence-corrected chi connectivity index (χ2v) is 4.69. The Kier molecular flexibility index (Phi) is 4.55. The first-order valence-corrected chi connectivity index (χ1v) is 5.56. The Morgan fingerprint density at radius 3 is 2.67 bits per heavy atom. The Morgan fingerprint density at radius 1 is 1.40 bits per heavy atom. The first kappa shape index (κ1) is 12.5. The van der Waals surface area contributed by atoms with Gasteiger partial charge in [-0.1, -0.05) is 18.5 Å². The highest BCUT2D eigenvalue weighted by molar-refractivity contribution is 6.30. The van der Waals surface area contributed by atoms with Gasteiger partial charge in [-0.25, -0.2) is 4.39 Å². The van der Waals surface area contributed by atoms with Crippen molar-refractivity contribution in [2.24, 2.45) is 11.7 Å². The zero-order chi connectivity index (χ0) is 11.4. The van der Waals surface area contributed by atoms with E-state index in [1.165, 1.54) is 6.07 Å². The minimum Gasteiger partial charge on any atom is -0.328 e. The van der Waals surface area contributed by atoms with Crippen LogP contribution < -0.4 is 5.73 Å². The smallest absolute Gasteiger partial charge is 0.126 e. The molecule has 1 aromatic carbocycles. The van der Waals surface area contributed by atoms with E-state index in [2.05, 4.69) is 6.92 Å². The zero-order valence-corrected chi connectivity index (χ0v) is 9.89. The summed E-state index contributed by atoms with van der Waals surface area (Å²) in [5.41, 5.74) is 6.37. The summed E-state index contributed by atoms with van der Waals surface area (Å²) in [4.78, 5) is 0. The molecule has 0 aliphatic carbocycles. The van der Waals surface area contributed by atoms with Crippen molar-refractivity contribution >= 4 is 11.6 Å². The van der Waals surface area contributed by atoms with E-state index in [0.717, 1.165) is 6.42 Å². The van der Waals surface area contributed by atoms with Crippen LogP contribution in [-0.2, 0) is 6.42 Å². The van der Waals surface area contributed by atoms with Crippen molar-refractivity contribution in [1.29, 1.82) is 0 Å². The summed E-state index contributed by atoms with van der Waals surface area (Å²) < 4.78 is 13.4. The number of halogens is 2. The number of hydrogen-bond acceptors (Lipinski definition) is 1. The fourth-order valence-electron chi connectivity index (χ4n) is 1.79. The van der Waals surface area contributed by atoms with Crippen LogP contribution in [0.5, 0.6) is 0 Å². The Morgan fingerprint density at radius 2 is 2.07 bits per heavy atom. The van der Waals surface area contributed by atoms with E-state index in [4.69, 9.17) is 17.3 Å². The maximum absolute atomic E-state index is 13.4. The van der Waals surface area contributed by atoms with Crippen molar-refractivity contribution in [3.63, 3.8) is 0 Å². The van der Waals surface area contributed by atoms with Gasteiger partial charge in [0.25, 0.3) is 0 Å². The number of rotatable bonds is 4. The third-order valence-corrected chi connectivity index (χ3v) is 2.59. The van der Waals surface area contributed by atoms with Crippen LogP contribution in [0.15, 0.2) is 18.2 Å². The van der Waals surface area contributed by atoms with Gasteiger partial charge in [0.15, 0.2) is 0 Å².